The summed E-state index contributed by atoms with van der Waals surface area (Å²) >= 11 is 0. The van der Waals surface area contributed by atoms with Crippen molar-refractivity contribution in [3.8, 4) is 16.9 Å². The van der Waals surface area contributed by atoms with Crippen LogP contribution in [-0.2, 0) is 4.74 Å². The summed E-state index contributed by atoms with van der Waals surface area (Å²) in [4.78, 5) is 13.6. The van der Waals surface area contributed by atoms with Crippen LogP contribution in [0.3, 0.4) is 0 Å². The molecule has 0 heterocycles. The monoisotopic (exact) mass is 393 g/mol. The number of amides is 1. The van der Waals surface area contributed by atoms with Crippen molar-refractivity contribution in [1.29, 1.82) is 0 Å². The van der Waals surface area contributed by atoms with Gasteiger partial charge in [-0.15, -0.1) is 0 Å². The molecule has 154 valence electrons. The van der Waals surface area contributed by atoms with Gasteiger partial charge in [0.25, 0.3) is 0 Å². The van der Waals surface area contributed by atoms with Gasteiger partial charge in [-0.1, -0.05) is 56.8 Å². The maximum atomic E-state index is 12.0. The third-order valence-corrected chi connectivity index (χ3v) is 6.24. The van der Waals surface area contributed by atoms with E-state index in [1.165, 1.54) is 22.3 Å². The Morgan fingerprint density at radius 2 is 1.79 bits per heavy atom. The molecule has 1 aliphatic carbocycles. The number of hydrogen-bond acceptors (Lipinski definition) is 3. The zero-order valence-corrected chi connectivity index (χ0v) is 17.9. The number of rotatable bonds is 7. The molecule has 0 bridgehead atoms. The van der Waals surface area contributed by atoms with Crippen molar-refractivity contribution in [2.45, 2.75) is 32.1 Å². The molecule has 2 aromatic carbocycles. The number of carbonyl (C=O) groups excluding carboxylic acids is 1. The van der Waals surface area contributed by atoms with E-state index in [9.17, 15) is 4.79 Å². The second-order valence-electron chi connectivity index (χ2n) is 7.90. The molecule has 0 spiro atoms. The molecule has 0 saturated heterocycles. The van der Waals surface area contributed by atoms with E-state index in [2.05, 4.69) is 50.8 Å². The largest absolute Gasteiger partial charge is 0.497 e. The molecule has 4 nitrogen and oxygen atoms in total. The van der Waals surface area contributed by atoms with Crippen molar-refractivity contribution in [3.63, 3.8) is 0 Å². The highest BCUT2D eigenvalue weighted by atomic mass is 16.6. The molecule has 1 aliphatic rings. The number of nitrogens with zero attached hydrogens (tertiary/aromatic N) is 1. The average molecular weight is 394 g/mol. The summed E-state index contributed by atoms with van der Waals surface area (Å²) in [7, 11) is 3.48. The third-order valence-electron chi connectivity index (χ3n) is 6.24. The molecule has 0 aromatic heterocycles. The molecule has 3 rings (SSSR count). The number of methoxy groups -OCH3 is 1. The van der Waals surface area contributed by atoms with Crippen LogP contribution in [0.2, 0.25) is 0 Å². The molecule has 2 unspecified atom stereocenters. The van der Waals surface area contributed by atoms with E-state index in [-0.39, 0.29) is 12.7 Å². The van der Waals surface area contributed by atoms with Crippen LogP contribution in [0.25, 0.3) is 11.1 Å². The summed E-state index contributed by atoms with van der Waals surface area (Å²) in [5.41, 5.74) is 5.26. The van der Waals surface area contributed by atoms with Crippen LogP contribution in [0.4, 0.5) is 4.79 Å². The Hall–Kier alpha value is -2.75. The average Bonchev–Trinajstić information content (AvgIpc) is 2.99. The topological polar surface area (TPSA) is 38.8 Å². The lowest BCUT2D eigenvalue weighted by Crippen LogP contribution is -2.29. The first-order chi connectivity index (χ1) is 14.0. The summed E-state index contributed by atoms with van der Waals surface area (Å²) < 4.78 is 10.4. The maximum Gasteiger partial charge on any atom is 0.409 e. The first-order valence-electron chi connectivity index (χ1n) is 10.2. The molecule has 2 aromatic rings. The van der Waals surface area contributed by atoms with Crippen LogP contribution in [-0.4, -0.2) is 38.3 Å². The van der Waals surface area contributed by atoms with Gasteiger partial charge < -0.3 is 14.4 Å². The van der Waals surface area contributed by atoms with Gasteiger partial charge in [0.1, 0.15) is 12.4 Å². The van der Waals surface area contributed by atoms with Gasteiger partial charge in [-0.2, -0.15) is 0 Å². The molecule has 0 fully saturated rings. The van der Waals surface area contributed by atoms with Gasteiger partial charge in [-0.05, 0) is 58.6 Å². The van der Waals surface area contributed by atoms with Crippen LogP contribution in [0, 0.1) is 5.92 Å². The third kappa shape index (κ3) is 4.47. The van der Waals surface area contributed by atoms with Gasteiger partial charge in [0.15, 0.2) is 0 Å². The summed E-state index contributed by atoms with van der Waals surface area (Å²) in [5, 5.41) is 0. The van der Waals surface area contributed by atoms with Crippen molar-refractivity contribution in [2.75, 3.05) is 27.3 Å². The van der Waals surface area contributed by atoms with E-state index in [0.29, 0.717) is 24.3 Å². The molecular formula is C25H31NO3. The second kappa shape index (κ2) is 9.17. The zero-order chi connectivity index (χ0) is 21.0. The van der Waals surface area contributed by atoms with Crippen molar-refractivity contribution in [3.05, 3.63) is 66.2 Å². The number of fused-ring (bicyclic) bond motifs is 1. The van der Waals surface area contributed by atoms with Crippen molar-refractivity contribution >= 4 is 6.09 Å². The molecule has 4 heteroatoms. The zero-order valence-electron chi connectivity index (χ0n) is 17.9. The lowest BCUT2D eigenvalue weighted by Gasteiger charge is -2.23. The highest BCUT2D eigenvalue weighted by Crippen LogP contribution is 2.48. The van der Waals surface area contributed by atoms with Crippen LogP contribution in [0.5, 0.6) is 5.75 Å². The lowest BCUT2D eigenvalue weighted by atomic mass is 9.87. The minimum Gasteiger partial charge on any atom is -0.497 e. The molecule has 0 N–H and O–H groups in total. The van der Waals surface area contributed by atoms with Crippen LogP contribution in [0.1, 0.15) is 43.2 Å². The van der Waals surface area contributed by atoms with Gasteiger partial charge in [0.05, 0.1) is 7.11 Å². The highest BCUT2D eigenvalue weighted by Gasteiger charge is 2.35. The summed E-state index contributed by atoms with van der Waals surface area (Å²) in [5.74, 6) is 2.34. The number of hydrogen-bond donors (Lipinski definition) is 0. The van der Waals surface area contributed by atoms with E-state index < -0.39 is 0 Å². The van der Waals surface area contributed by atoms with Crippen molar-refractivity contribution in [2.24, 2.45) is 5.92 Å². The Balaban J connectivity index is 1.75. The van der Waals surface area contributed by atoms with Crippen molar-refractivity contribution < 1.29 is 14.3 Å². The second-order valence-corrected chi connectivity index (χ2v) is 7.90. The normalized spacial score (nSPS) is 20.1. The van der Waals surface area contributed by atoms with E-state index in [4.69, 9.17) is 9.47 Å². The first-order valence-corrected chi connectivity index (χ1v) is 10.2. The van der Waals surface area contributed by atoms with Gasteiger partial charge in [-0.3, -0.25) is 0 Å². The summed E-state index contributed by atoms with van der Waals surface area (Å²) in [6.07, 6.45) is 2.22. The van der Waals surface area contributed by atoms with E-state index in [1.54, 1.807) is 25.1 Å². The number of benzene rings is 2. The smallest absolute Gasteiger partial charge is 0.409 e. The molecular weight excluding hydrogens is 362 g/mol. The minimum absolute atomic E-state index is 0.247. The van der Waals surface area contributed by atoms with Gasteiger partial charge >= 0.3 is 6.09 Å². The standard InChI is InChI=1S/C25H31NO3/c1-6-15-29-25(27)26(4)14-13-22-17(2)18(3)24-16-20(9-12-23(22)24)19-7-10-21(28-5)11-8-19/h6-12,16-18,22H,1,13-15H2,2-5H3/t17-,18?,22?/m1/s1. The van der Waals surface area contributed by atoms with E-state index in [1.807, 2.05) is 12.1 Å². The Bertz CT molecular complexity index is 859. The molecule has 0 saturated carbocycles. The van der Waals surface area contributed by atoms with E-state index >= 15 is 0 Å². The molecule has 29 heavy (non-hydrogen) atoms. The van der Waals surface area contributed by atoms with Crippen LogP contribution in [0.15, 0.2) is 55.1 Å². The molecule has 0 aliphatic heterocycles. The Kier molecular flexibility index (Phi) is 6.63. The predicted octanol–water partition coefficient (Wildman–Crippen LogP) is 5.84. The Labute approximate surface area is 174 Å². The number of ether oxygens (including phenoxy) is 2. The lowest BCUT2D eigenvalue weighted by molar-refractivity contribution is 0.120. The Morgan fingerprint density at radius 3 is 2.45 bits per heavy atom. The molecule has 3 atom stereocenters. The van der Waals surface area contributed by atoms with Gasteiger partial charge in [0.2, 0.25) is 0 Å². The molecule has 1 amide bonds. The van der Waals surface area contributed by atoms with Gasteiger partial charge in [0, 0.05) is 13.6 Å². The first kappa shape index (κ1) is 21.0. The van der Waals surface area contributed by atoms with Crippen molar-refractivity contribution in [1.82, 2.24) is 4.90 Å². The highest BCUT2D eigenvalue weighted by molar-refractivity contribution is 5.68. The molecule has 0 radical (unpaired) electrons. The van der Waals surface area contributed by atoms with Gasteiger partial charge in [-0.25, -0.2) is 4.79 Å². The fourth-order valence-corrected chi connectivity index (χ4v) is 4.27. The van der Waals surface area contributed by atoms with E-state index in [0.717, 1.165) is 12.2 Å². The predicted molar refractivity (Wildman–Crippen MR) is 118 cm³/mol. The minimum atomic E-state index is -0.293. The SMILES string of the molecule is C=CCOC(=O)N(C)CCC1c2ccc(-c3ccc(OC)cc3)cc2C(C)[C@H]1C. The summed E-state index contributed by atoms with van der Waals surface area (Å²) in [6.45, 7) is 9.13. The summed E-state index contributed by atoms with van der Waals surface area (Å²) in [6, 6.07) is 15.0. The Morgan fingerprint density at radius 1 is 1.10 bits per heavy atom. The van der Waals surface area contributed by atoms with Crippen LogP contribution >= 0.6 is 0 Å². The number of carbonyl (C=O) groups is 1. The van der Waals surface area contributed by atoms with Crippen LogP contribution < -0.4 is 4.74 Å². The fourth-order valence-electron chi connectivity index (χ4n) is 4.27. The maximum absolute atomic E-state index is 12.0. The fraction of sp³-hybridized carbons (Fsp3) is 0.400. The quantitative estimate of drug-likeness (QED) is 0.554.